The number of hydrogen-bond acceptors (Lipinski definition) is 3. The predicted octanol–water partition coefficient (Wildman–Crippen LogP) is 2.54. The van der Waals surface area contributed by atoms with E-state index in [9.17, 15) is 9.90 Å². The van der Waals surface area contributed by atoms with Crippen molar-refractivity contribution in [3.05, 3.63) is 29.3 Å². The predicted molar refractivity (Wildman–Crippen MR) is 68.7 cm³/mol. The second-order valence-corrected chi connectivity index (χ2v) is 5.15. The number of carboxylic acid groups (broad SMARTS) is 1. The number of aliphatic hydroxyl groups is 1. The maximum Gasteiger partial charge on any atom is 0.309 e. The van der Waals surface area contributed by atoms with Gasteiger partial charge in [-0.25, -0.2) is 0 Å². The van der Waals surface area contributed by atoms with Crippen LogP contribution in [0.2, 0.25) is 0 Å². The van der Waals surface area contributed by atoms with Gasteiger partial charge < -0.3 is 14.9 Å². The van der Waals surface area contributed by atoms with Crippen LogP contribution >= 0.6 is 0 Å². The van der Waals surface area contributed by atoms with Crippen molar-refractivity contribution < 1.29 is 19.7 Å². The Labute approximate surface area is 107 Å². The molecule has 1 atom stereocenters. The van der Waals surface area contributed by atoms with Crippen LogP contribution < -0.4 is 4.74 Å². The molecule has 0 bridgehead atoms. The summed E-state index contributed by atoms with van der Waals surface area (Å²) in [7, 11) is 1.53. The van der Waals surface area contributed by atoms with Crippen LogP contribution in [0.3, 0.4) is 0 Å². The van der Waals surface area contributed by atoms with Gasteiger partial charge in [0.2, 0.25) is 0 Å². The monoisotopic (exact) mass is 252 g/mol. The molecule has 0 aromatic heterocycles. The fourth-order valence-electron chi connectivity index (χ4n) is 1.79. The van der Waals surface area contributed by atoms with E-state index in [1.54, 1.807) is 19.9 Å². The second kappa shape index (κ2) is 5.40. The lowest BCUT2D eigenvalue weighted by atomic mass is 9.84. The summed E-state index contributed by atoms with van der Waals surface area (Å²) in [6, 6.07) is 5.49. The third-order valence-electron chi connectivity index (χ3n) is 3.03. The molecule has 1 aromatic carbocycles. The average Bonchev–Trinajstić information content (AvgIpc) is 2.28. The van der Waals surface area contributed by atoms with Crippen LogP contribution in [-0.4, -0.2) is 23.3 Å². The molecule has 18 heavy (non-hydrogen) atoms. The van der Waals surface area contributed by atoms with Crippen LogP contribution in [-0.2, 0) is 4.79 Å². The molecule has 0 spiro atoms. The topological polar surface area (TPSA) is 66.8 Å². The molecule has 100 valence electrons. The largest absolute Gasteiger partial charge is 0.496 e. The molecule has 4 heteroatoms. The summed E-state index contributed by atoms with van der Waals surface area (Å²) in [6.07, 6.45) is -0.715. The highest BCUT2D eigenvalue weighted by molar-refractivity contribution is 5.73. The van der Waals surface area contributed by atoms with Crippen LogP contribution in [0.15, 0.2) is 18.2 Å². The fourth-order valence-corrected chi connectivity index (χ4v) is 1.79. The number of aliphatic hydroxyl groups excluding tert-OH is 1. The summed E-state index contributed by atoms with van der Waals surface area (Å²) < 4.78 is 5.19. The van der Waals surface area contributed by atoms with E-state index in [4.69, 9.17) is 9.84 Å². The minimum atomic E-state index is -0.978. The number of rotatable bonds is 5. The molecule has 0 aliphatic heterocycles. The first-order valence-corrected chi connectivity index (χ1v) is 5.84. The molecule has 1 rings (SSSR count). The highest BCUT2D eigenvalue weighted by Gasteiger charge is 2.31. The molecule has 1 unspecified atom stereocenters. The summed E-state index contributed by atoms with van der Waals surface area (Å²) in [4.78, 5) is 11.1. The minimum Gasteiger partial charge on any atom is -0.496 e. The Morgan fingerprint density at radius 2 is 2.06 bits per heavy atom. The van der Waals surface area contributed by atoms with Crippen LogP contribution in [0.1, 0.15) is 37.5 Å². The zero-order chi connectivity index (χ0) is 13.9. The zero-order valence-electron chi connectivity index (χ0n) is 11.2. The van der Waals surface area contributed by atoms with Gasteiger partial charge in [0.1, 0.15) is 5.75 Å². The highest BCUT2D eigenvalue weighted by atomic mass is 16.5. The van der Waals surface area contributed by atoms with E-state index in [2.05, 4.69) is 0 Å². The van der Waals surface area contributed by atoms with Crippen molar-refractivity contribution in [3.8, 4) is 5.75 Å². The Morgan fingerprint density at radius 3 is 2.56 bits per heavy atom. The Bertz CT molecular complexity index is 437. The van der Waals surface area contributed by atoms with Gasteiger partial charge in [-0.1, -0.05) is 11.6 Å². The number of hydrogen-bond donors (Lipinski definition) is 2. The summed E-state index contributed by atoms with van der Waals surface area (Å²) >= 11 is 0. The van der Waals surface area contributed by atoms with E-state index in [0.29, 0.717) is 11.3 Å². The number of carbonyl (C=O) groups is 1. The first-order chi connectivity index (χ1) is 8.27. The van der Waals surface area contributed by atoms with Gasteiger partial charge in [-0.15, -0.1) is 0 Å². The van der Waals surface area contributed by atoms with Crippen LogP contribution in [0.5, 0.6) is 5.75 Å². The van der Waals surface area contributed by atoms with E-state index >= 15 is 0 Å². The Kier molecular flexibility index (Phi) is 4.35. The normalized spacial score (nSPS) is 13.2. The van der Waals surface area contributed by atoms with Crippen molar-refractivity contribution in [2.75, 3.05) is 7.11 Å². The first-order valence-electron chi connectivity index (χ1n) is 5.84. The van der Waals surface area contributed by atoms with Gasteiger partial charge in [0, 0.05) is 5.56 Å². The van der Waals surface area contributed by atoms with Crippen molar-refractivity contribution >= 4 is 5.97 Å². The summed E-state index contributed by atoms with van der Waals surface area (Å²) in [5, 5.41) is 19.3. The Hall–Kier alpha value is -1.55. The number of benzene rings is 1. The highest BCUT2D eigenvalue weighted by Crippen LogP contribution is 2.34. The molecule has 0 saturated carbocycles. The van der Waals surface area contributed by atoms with Crippen molar-refractivity contribution in [2.45, 2.75) is 33.3 Å². The summed E-state index contributed by atoms with van der Waals surface area (Å²) in [6.45, 7) is 5.11. The standard InChI is InChI=1S/C14H20O4/c1-9-5-6-12(18-4)10(7-9)11(15)8-14(2,3)13(16)17/h5-7,11,15H,8H2,1-4H3,(H,16,17). The minimum absolute atomic E-state index is 0.141. The second-order valence-electron chi connectivity index (χ2n) is 5.15. The maximum absolute atomic E-state index is 11.1. The average molecular weight is 252 g/mol. The zero-order valence-corrected chi connectivity index (χ0v) is 11.2. The molecule has 0 aliphatic carbocycles. The summed E-state index contributed by atoms with van der Waals surface area (Å²) in [5.74, 6) is -0.345. The molecule has 0 amide bonds. The first kappa shape index (κ1) is 14.5. The van der Waals surface area contributed by atoms with Gasteiger partial charge in [-0.2, -0.15) is 0 Å². The number of aliphatic carboxylic acids is 1. The third-order valence-corrected chi connectivity index (χ3v) is 3.03. The van der Waals surface area contributed by atoms with Crippen LogP contribution in [0.4, 0.5) is 0 Å². The lowest BCUT2D eigenvalue weighted by Crippen LogP contribution is -2.26. The molecular formula is C14H20O4. The number of ether oxygens (including phenoxy) is 1. The fraction of sp³-hybridized carbons (Fsp3) is 0.500. The van der Waals surface area contributed by atoms with Gasteiger partial charge in [0.05, 0.1) is 18.6 Å². The van der Waals surface area contributed by atoms with Gasteiger partial charge in [-0.05, 0) is 39.3 Å². The Balaban J connectivity index is 3.00. The molecule has 0 saturated heterocycles. The molecule has 0 aliphatic rings. The number of methoxy groups -OCH3 is 1. The SMILES string of the molecule is COc1ccc(C)cc1C(O)CC(C)(C)C(=O)O. The molecule has 0 fully saturated rings. The van der Waals surface area contributed by atoms with E-state index in [-0.39, 0.29) is 6.42 Å². The smallest absolute Gasteiger partial charge is 0.309 e. The van der Waals surface area contributed by atoms with Gasteiger partial charge in [0.15, 0.2) is 0 Å². The maximum atomic E-state index is 11.1. The molecule has 0 heterocycles. The van der Waals surface area contributed by atoms with E-state index in [1.165, 1.54) is 7.11 Å². The van der Waals surface area contributed by atoms with Gasteiger partial charge in [-0.3, -0.25) is 4.79 Å². The molecule has 2 N–H and O–H groups in total. The van der Waals surface area contributed by atoms with Gasteiger partial charge in [0.25, 0.3) is 0 Å². The number of aryl methyl sites for hydroxylation is 1. The van der Waals surface area contributed by atoms with Crippen LogP contribution in [0.25, 0.3) is 0 Å². The van der Waals surface area contributed by atoms with Gasteiger partial charge >= 0.3 is 5.97 Å². The van der Waals surface area contributed by atoms with E-state index < -0.39 is 17.5 Å². The van der Waals surface area contributed by atoms with Crippen LogP contribution in [0, 0.1) is 12.3 Å². The van der Waals surface area contributed by atoms with Crippen molar-refractivity contribution in [2.24, 2.45) is 5.41 Å². The molecule has 4 nitrogen and oxygen atoms in total. The lowest BCUT2D eigenvalue weighted by molar-refractivity contribution is -0.148. The quantitative estimate of drug-likeness (QED) is 0.845. The Morgan fingerprint density at radius 1 is 1.44 bits per heavy atom. The van der Waals surface area contributed by atoms with Crippen molar-refractivity contribution in [1.82, 2.24) is 0 Å². The molecule has 1 aromatic rings. The number of carboxylic acids is 1. The van der Waals surface area contributed by atoms with E-state index in [1.807, 2.05) is 19.1 Å². The molecule has 0 radical (unpaired) electrons. The molecular weight excluding hydrogens is 232 g/mol. The van der Waals surface area contributed by atoms with Crippen molar-refractivity contribution in [3.63, 3.8) is 0 Å². The summed E-state index contributed by atoms with van der Waals surface area (Å²) in [5.41, 5.74) is 0.651. The lowest BCUT2D eigenvalue weighted by Gasteiger charge is -2.24. The van der Waals surface area contributed by atoms with Crippen molar-refractivity contribution in [1.29, 1.82) is 0 Å². The van der Waals surface area contributed by atoms with E-state index in [0.717, 1.165) is 5.56 Å². The third kappa shape index (κ3) is 3.23.